The van der Waals surface area contributed by atoms with Crippen LogP contribution in [0.1, 0.15) is 98.4 Å². The Morgan fingerprint density at radius 3 is 2.13 bits per heavy atom. The fourth-order valence-corrected chi connectivity index (χ4v) is 7.75. The molecule has 4 unspecified atom stereocenters. The molecule has 2 aromatic rings. The minimum atomic E-state index is -0.130. The zero-order valence-electron chi connectivity index (χ0n) is 26.8. The number of aromatic nitrogens is 3. The first kappa shape index (κ1) is 29.0. The zero-order chi connectivity index (χ0) is 31.1. The molecular weight excluding hydrogens is 562 g/mol. The number of ether oxygens (including phenoxy) is 1. The summed E-state index contributed by atoms with van der Waals surface area (Å²) < 4.78 is 6.35. The van der Waals surface area contributed by atoms with Crippen LogP contribution in [0.3, 0.4) is 0 Å². The van der Waals surface area contributed by atoms with Crippen molar-refractivity contribution in [1.82, 2.24) is 15.0 Å². The highest BCUT2D eigenvalue weighted by Gasteiger charge is 2.41. The van der Waals surface area contributed by atoms with Crippen molar-refractivity contribution in [2.45, 2.75) is 69.8 Å². The standard InChI is InChI=1S/C42H41N3O/c1-42(2)36-16-10-9-15-34(36)35-23-21-33(27-37(35)42)28-17-19-29(20-18-28)38-24-22-32(25-26-46-38)41-44-39(30-11-5-3-6-12-30)43-40(45-41)31-13-7-4-8-14-31/h3-9,11,13,15,17-20,22-25,27,30-31,33,38H,10,12,14,16,21,26H2,1-2H3. The molecule has 230 valence electrons. The summed E-state index contributed by atoms with van der Waals surface area (Å²) >= 11 is 0. The van der Waals surface area contributed by atoms with E-state index in [1.807, 2.05) is 0 Å². The van der Waals surface area contributed by atoms with Crippen molar-refractivity contribution in [3.63, 3.8) is 0 Å². The number of benzene rings is 1. The van der Waals surface area contributed by atoms with Gasteiger partial charge in [-0.2, -0.15) is 0 Å². The quantitative estimate of drug-likeness (QED) is 0.341. The first-order chi connectivity index (χ1) is 22.5. The van der Waals surface area contributed by atoms with Crippen molar-refractivity contribution in [1.29, 1.82) is 0 Å². The monoisotopic (exact) mass is 603 g/mol. The summed E-state index contributed by atoms with van der Waals surface area (Å²) in [5.74, 6) is 3.11. The molecular formula is C42H41N3O. The molecule has 4 atom stereocenters. The van der Waals surface area contributed by atoms with Gasteiger partial charge >= 0.3 is 0 Å². The average molecular weight is 604 g/mol. The fraction of sp³-hybridized carbons (Fsp3) is 0.310. The molecule has 2 heterocycles. The van der Waals surface area contributed by atoms with Gasteiger partial charge < -0.3 is 4.74 Å². The Hall–Kier alpha value is -4.41. The van der Waals surface area contributed by atoms with Gasteiger partial charge in [0, 0.05) is 28.7 Å². The molecule has 1 aromatic heterocycles. The molecule has 8 rings (SSSR count). The molecule has 4 heteroatoms. The second-order valence-electron chi connectivity index (χ2n) is 13.6. The van der Waals surface area contributed by atoms with Gasteiger partial charge in [-0.15, -0.1) is 0 Å². The molecule has 0 radical (unpaired) electrons. The van der Waals surface area contributed by atoms with Crippen LogP contribution in [0.2, 0.25) is 0 Å². The van der Waals surface area contributed by atoms with Crippen molar-refractivity contribution >= 4 is 5.57 Å². The van der Waals surface area contributed by atoms with Gasteiger partial charge in [0.15, 0.2) is 5.82 Å². The molecule has 1 aliphatic heterocycles. The molecule has 0 saturated carbocycles. The second kappa shape index (κ2) is 12.1. The number of nitrogens with zero attached hydrogens (tertiary/aromatic N) is 3. The highest BCUT2D eigenvalue weighted by molar-refractivity contribution is 5.70. The summed E-state index contributed by atoms with van der Waals surface area (Å²) in [6, 6.07) is 9.07. The Morgan fingerprint density at radius 1 is 0.717 bits per heavy atom. The molecule has 46 heavy (non-hydrogen) atoms. The van der Waals surface area contributed by atoms with Gasteiger partial charge in [-0.1, -0.05) is 129 Å². The van der Waals surface area contributed by atoms with Crippen molar-refractivity contribution in [2.24, 2.45) is 5.41 Å². The van der Waals surface area contributed by atoms with Gasteiger partial charge in [0.2, 0.25) is 0 Å². The number of hydrogen-bond donors (Lipinski definition) is 0. The topological polar surface area (TPSA) is 47.9 Å². The average Bonchev–Trinajstić information content (AvgIpc) is 3.25. The molecule has 0 spiro atoms. The van der Waals surface area contributed by atoms with E-state index in [9.17, 15) is 0 Å². The predicted molar refractivity (Wildman–Crippen MR) is 186 cm³/mol. The maximum absolute atomic E-state index is 6.35. The highest BCUT2D eigenvalue weighted by atomic mass is 16.5. The summed E-state index contributed by atoms with van der Waals surface area (Å²) in [7, 11) is 0. The Labute approximate surface area is 272 Å². The molecule has 0 bridgehead atoms. The van der Waals surface area contributed by atoms with E-state index >= 15 is 0 Å². The van der Waals surface area contributed by atoms with Gasteiger partial charge in [-0.25, -0.2) is 15.0 Å². The smallest absolute Gasteiger partial charge is 0.163 e. The maximum atomic E-state index is 6.35. The van der Waals surface area contributed by atoms with Crippen LogP contribution in [-0.4, -0.2) is 21.6 Å². The molecule has 0 N–H and O–H groups in total. The van der Waals surface area contributed by atoms with E-state index < -0.39 is 0 Å². The Morgan fingerprint density at radius 2 is 1.43 bits per heavy atom. The lowest BCUT2D eigenvalue weighted by atomic mass is 9.75. The molecule has 0 fully saturated rings. The van der Waals surface area contributed by atoms with Crippen molar-refractivity contribution < 1.29 is 4.74 Å². The fourth-order valence-electron chi connectivity index (χ4n) is 7.75. The van der Waals surface area contributed by atoms with E-state index in [-0.39, 0.29) is 23.4 Å². The van der Waals surface area contributed by atoms with Gasteiger partial charge in [0.25, 0.3) is 0 Å². The Balaban J connectivity index is 1.01. The molecule has 4 nitrogen and oxygen atoms in total. The van der Waals surface area contributed by atoms with Crippen molar-refractivity contribution in [3.8, 4) is 0 Å². The van der Waals surface area contributed by atoms with E-state index in [1.54, 1.807) is 5.57 Å². The largest absolute Gasteiger partial charge is 0.365 e. The number of allylic oxidation sites excluding steroid dienone is 18. The van der Waals surface area contributed by atoms with Gasteiger partial charge in [0.1, 0.15) is 17.8 Å². The van der Waals surface area contributed by atoms with E-state index in [4.69, 9.17) is 19.7 Å². The van der Waals surface area contributed by atoms with E-state index in [0.717, 1.165) is 54.3 Å². The number of hydrogen-bond acceptors (Lipinski definition) is 4. The van der Waals surface area contributed by atoms with Crippen LogP contribution < -0.4 is 0 Å². The van der Waals surface area contributed by atoms with Crippen LogP contribution in [-0.2, 0) is 4.74 Å². The summed E-state index contributed by atoms with van der Waals surface area (Å²) in [6.07, 6.45) is 38.3. The number of fused-ring (bicyclic) bond motifs is 2. The Bertz CT molecular complexity index is 1810. The minimum Gasteiger partial charge on any atom is -0.365 e. The third-order valence-corrected chi connectivity index (χ3v) is 10.4. The van der Waals surface area contributed by atoms with Crippen LogP contribution in [0.5, 0.6) is 0 Å². The van der Waals surface area contributed by atoms with Crippen molar-refractivity contribution in [3.05, 3.63) is 166 Å². The highest BCUT2D eigenvalue weighted by Crippen LogP contribution is 2.55. The van der Waals surface area contributed by atoms with Crippen LogP contribution in [0.25, 0.3) is 5.57 Å². The molecule has 6 aliphatic rings. The first-order valence-corrected chi connectivity index (χ1v) is 16.9. The van der Waals surface area contributed by atoms with Gasteiger partial charge in [-0.05, 0) is 66.0 Å². The van der Waals surface area contributed by atoms with Crippen molar-refractivity contribution in [2.75, 3.05) is 6.61 Å². The lowest BCUT2D eigenvalue weighted by Gasteiger charge is -2.29. The molecule has 0 amide bonds. The minimum absolute atomic E-state index is 0.114. The summed E-state index contributed by atoms with van der Waals surface area (Å²) in [4.78, 5) is 15.0. The summed E-state index contributed by atoms with van der Waals surface area (Å²) in [5.41, 5.74) is 9.70. The number of rotatable bonds is 5. The van der Waals surface area contributed by atoms with E-state index in [2.05, 4.69) is 129 Å². The van der Waals surface area contributed by atoms with Crippen LogP contribution in [0.4, 0.5) is 0 Å². The molecule has 0 saturated heterocycles. The van der Waals surface area contributed by atoms with Crippen LogP contribution >= 0.6 is 0 Å². The molecule has 5 aliphatic carbocycles. The van der Waals surface area contributed by atoms with Gasteiger partial charge in [0.05, 0.1) is 6.61 Å². The van der Waals surface area contributed by atoms with Crippen LogP contribution in [0, 0.1) is 5.41 Å². The summed E-state index contributed by atoms with van der Waals surface area (Å²) in [6.45, 7) is 5.31. The second-order valence-corrected chi connectivity index (χ2v) is 13.6. The maximum Gasteiger partial charge on any atom is 0.163 e. The lowest BCUT2D eigenvalue weighted by molar-refractivity contribution is 0.111. The third-order valence-electron chi connectivity index (χ3n) is 10.4. The summed E-state index contributed by atoms with van der Waals surface area (Å²) in [5, 5.41) is 0. The van der Waals surface area contributed by atoms with E-state index in [0.29, 0.717) is 12.5 Å². The zero-order valence-corrected chi connectivity index (χ0v) is 26.8. The lowest BCUT2D eigenvalue weighted by Crippen LogP contribution is -2.16. The predicted octanol–water partition coefficient (Wildman–Crippen LogP) is 9.81. The van der Waals surface area contributed by atoms with E-state index in [1.165, 1.54) is 28.7 Å². The third kappa shape index (κ3) is 5.39. The normalized spacial score (nSPS) is 27.6. The van der Waals surface area contributed by atoms with Gasteiger partial charge in [-0.3, -0.25) is 0 Å². The Kier molecular flexibility index (Phi) is 7.62. The molecule has 1 aromatic carbocycles. The first-order valence-electron chi connectivity index (χ1n) is 16.9. The van der Waals surface area contributed by atoms with Crippen LogP contribution in [0.15, 0.2) is 138 Å². The SMILES string of the molecule is CC1(C)C2=CC(c3ccc(C4C=CC(c5nc(C6C=CC=CC6)nc(C6C=CC=CC6)n5)=CCO4)cc3)CC=C2C2=C1CCC=C2.